The molecule has 0 aliphatic carbocycles. The van der Waals surface area contributed by atoms with Crippen LogP contribution in [0.1, 0.15) is 23.7 Å². The van der Waals surface area contributed by atoms with Gasteiger partial charge in [-0.3, -0.25) is 4.90 Å². The number of aromatic nitrogens is 1. The third-order valence-corrected chi connectivity index (χ3v) is 5.16. The molecule has 1 aromatic carbocycles. The molecule has 1 aliphatic heterocycles. The van der Waals surface area contributed by atoms with Crippen molar-refractivity contribution in [1.82, 2.24) is 19.7 Å². The van der Waals surface area contributed by atoms with Gasteiger partial charge < -0.3 is 19.5 Å². The Morgan fingerprint density at radius 3 is 2.52 bits per heavy atom. The first kappa shape index (κ1) is 23.7. The number of benzene rings is 1. The minimum Gasteiger partial charge on any atom is -0.379 e. The molecule has 3 rings (SSSR count). The van der Waals surface area contributed by atoms with Crippen LogP contribution in [0.2, 0.25) is 0 Å². The summed E-state index contributed by atoms with van der Waals surface area (Å²) in [7, 11) is 4.17. The van der Waals surface area contributed by atoms with Crippen LogP contribution in [0.15, 0.2) is 47.6 Å². The summed E-state index contributed by atoms with van der Waals surface area (Å²) >= 11 is 0. The highest BCUT2D eigenvalue weighted by Gasteiger charge is 2.13. The Hall–Kier alpha value is -1.58. The molecule has 0 unspecified atom stereocenters. The van der Waals surface area contributed by atoms with Gasteiger partial charge in [-0.15, -0.1) is 24.0 Å². The van der Waals surface area contributed by atoms with E-state index >= 15 is 0 Å². The first-order valence-electron chi connectivity index (χ1n) is 10.1. The van der Waals surface area contributed by atoms with E-state index in [0.29, 0.717) is 6.54 Å². The van der Waals surface area contributed by atoms with Crippen LogP contribution in [-0.4, -0.2) is 60.2 Å². The zero-order chi connectivity index (χ0) is 19.8. The maximum absolute atomic E-state index is 5.47. The normalized spacial score (nSPS) is 15.1. The lowest BCUT2D eigenvalue weighted by atomic mass is 10.1. The lowest BCUT2D eigenvalue weighted by Gasteiger charge is -2.27. The molecule has 2 aromatic rings. The average Bonchev–Trinajstić information content (AvgIpc) is 3.11. The van der Waals surface area contributed by atoms with Crippen LogP contribution >= 0.6 is 24.0 Å². The number of aliphatic imine (C=N–C) groups is 1. The average molecular weight is 511 g/mol. The zero-order valence-corrected chi connectivity index (χ0v) is 20.1. The van der Waals surface area contributed by atoms with E-state index in [9.17, 15) is 0 Å². The Balaban J connectivity index is 0.00000300. The molecule has 0 bridgehead atoms. The Kier molecular flexibility index (Phi) is 9.96. The molecule has 1 saturated heterocycles. The summed E-state index contributed by atoms with van der Waals surface area (Å²) in [6.45, 7) is 9.09. The first-order chi connectivity index (χ1) is 13.7. The third-order valence-electron chi connectivity index (χ3n) is 5.16. The number of hydrogen-bond acceptors (Lipinski definition) is 3. The Bertz CT molecular complexity index is 770. The molecule has 0 spiro atoms. The second-order valence-corrected chi connectivity index (χ2v) is 7.29. The van der Waals surface area contributed by atoms with Crippen LogP contribution in [-0.2, 0) is 31.4 Å². The van der Waals surface area contributed by atoms with Gasteiger partial charge in [0.05, 0.1) is 26.3 Å². The maximum Gasteiger partial charge on any atom is 0.194 e. The van der Waals surface area contributed by atoms with E-state index in [1.54, 1.807) is 0 Å². The molecular weight excluding hydrogens is 477 g/mol. The molecule has 29 heavy (non-hydrogen) atoms. The minimum absolute atomic E-state index is 0. The lowest BCUT2D eigenvalue weighted by molar-refractivity contribution is 0.0341. The fraction of sp³-hybridized carbons (Fsp3) is 0.500. The molecule has 1 fully saturated rings. The molecular formula is C22H34IN5O. The summed E-state index contributed by atoms with van der Waals surface area (Å²) in [6.07, 6.45) is 2.08. The number of ether oxygens (including phenoxy) is 1. The van der Waals surface area contributed by atoms with Crippen LogP contribution in [0, 0.1) is 0 Å². The SMILES string of the molecule is CCNC(=NCc1ccccc1CN1CCOCC1)N(C)Cc1cccn1C.I. The molecule has 6 nitrogen and oxygen atoms in total. The van der Waals surface area contributed by atoms with E-state index in [-0.39, 0.29) is 24.0 Å². The molecule has 1 N–H and O–H groups in total. The van der Waals surface area contributed by atoms with Crippen molar-refractivity contribution in [2.75, 3.05) is 39.9 Å². The number of rotatable bonds is 7. The maximum atomic E-state index is 5.47. The van der Waals surface area contributed by atoms with Crippen LogP contribution in [0.3, 0.4) is 0 Å². The molecule has 0 amide bonds. The summed E-state index contributed by atoms with van der Waals surface area (Å²) < 4.78 is 7.62. The largest absolute Gasteiger partial charge is 0.379 e. The van der Waals surface area contributed by atoms with Gasteiger partial charge in [0.25, 0.3) is 0 Å². The highest BCUT2D eigenvalue weighted by atomic mass is 127. The fourth-order valence-electron chi connectivity index (χ4n) is 3.47. The van der Waals surface area contributed by atoms with Crippen molar-refractivity contribution in [2.45, 2.75) is 26.6 Å². The van der Waals surface area contributed by atoms with Gasteiger partial charge in [-0.25, -0.2) is 4.99 Å². The number of hydrogen-bond donors (Lipinski definition) is 1. The first-order valence-corrected chi connectivity index (χ1v) is 10.1. The molecule has 1 aromatic heterocycles. The van der Waals surface area contributed by atoms with Gasteiger partial charge in [-0.05, 0) is 30.2 Å². The van der Waals surface area contributed by atoms with Gasteiger partial charge in [0, 0.05) is 52.2 Å². The van der Waals surface area contributed by atoms with Gasteiger partial charge in [0.15, 0.2) is 5.96 Å². The standard InChI is InChI=1S/C22H33N5O.HI/c1-4-23-22(26(3)18-21-10-7-11-25(21)2)24-16-19-8-5-6-9-20(19)17-27-12-14-28-15-13-27;/h5-11H,4,12-18H2,1-3H3,(H,23,24);1H. The van der Waals surface area contributed by atoms with Crippen molar-refractivity contribution in [3.8, 4) is 0 Å². The quantitative estimate of drug-likeness (QED) is 0.353. The monoisotopic (exact) mass is 511 g/mol. The summed E-state index contributed by atoms with van der Waals surface area (Å²) in [5.74, 6) is 0.935. The second kappa shape index (κ2) is 12.2. The van der Waals surface area contributed by atoms with Gasteiger partial charge in [-0.2, -0.15) is 0 Å². The minimum atomic E-state index is 0. The van der Waals surface area contributed by atoms with E-state index in [0.717, 1.165) is 51.9 Å². The summed E-state index contributed by atoms with van der Waals surface area (Å²) in [5, 5.41) is 3.43. The molecule has 1 aliphatic rings. The molecule has 0 saturated carbocycles. The summed E-state index contributed by atoms with van der Waals surface area (Å²) in [6, 6.07) is 12.9. The predicted molar refractivity (Wildman–Crippen MR) is 130 cm³/mol. The molecule has 2 heterocycles. The molecule has 0 radical (unpaired) electrons. The van der Waals surface area contributed by atoms with Gasteiger partial charge in [-0.1, -0.05) is 24.3 Å². The Morgan fingerprint density at radius 2 is 1.86 bits per heavy atom. The smallest absolute Gasteiger partial charge is 0.194 e. The van der Waals surface area contributed by atoms with Crippen molar-refractivity contribution in [1.29, 1.82) is 0 Å². The predicted octanol–water partition coefficient (Wildman–Crippen LogP) is 3.07. The van der Waals surface area contributed by atoms with E-state index in [1.165, 1.54) is 16.8 Å². The van der Waals surface area contributed by atoms with Crippen LogP contribution in [0.5, 0.6) is 0 Å². The van der Waals surface area contributed by atoms with Gasteiger partial charge in [0.1, 0.15) is 0 Å². The van der Waals surface area contributed by atoms with Crippen molar-refractivity contribution < 1.29 is 4.74 Å². The zero-order valence-electron chi connectivity index (χ0n) is 17.8. The highest BCUT2D eigenvalue weighted by Crippen LogP contribution is 2.14. The van der Waals surface area contributed by atoms with Crippen molar-refractivity contribution in [2.24, 2.45) is 12.0 Å². The van der Waals surface area contributed by atoms with Crippen LogP contribution in [0.25, 0.3) is 0 Å². The van der Waals surface area contributed by atoms with Crippen molar-refractivity contribution in [3.05, 3.63) is 59.4 Å². The number of nitrogens with zero attached hydrogens (tertiary/aromatic N) is 4. The van der Waals surface area contributed by atoms with Gasteiger partial charge in [0.2, 0.25) is 0 Å². The van der Waals surface area contributed by atoms with E-state index in [4.69, 9.17) is 9.73 Å². The number of morpholine rings is 1. The number of aryl methyl sites for hydroxylation is 1. The second-order valence-electron chi connectivity index (χ2n) is 7.29. The van der Waals surface area contributed by atoms with Crippen molar-refractivity contribution in [3.63, 3.8) is 0 Å². The van der Waals surface area contributed by atoms with E-state index in [1.807, 2.05) is 0 Å². The lowest BCUT2D eigenvalue weighted by Crippen LogP contribution is -2.38. The van der Waals surface area contributed by atoms with Crippen molar-refractivity contribution >= 4 is 29.9 Å². The van der Waals surface area contributed by atoms with Crippen LogP contribution in [0.4, 0.5) is 0 Å². The molecule has 7 heteroatoms. The number of halogens is 1. The highest BCUT2D eigenvalue weighted by molar-refractivity contribution is 14.0. The Labute approximate surface area is 192 Å². The van der Waals surface area contributed by atoms with E-state index in [2.05, 4.69) is 83.3 Å². The number of nitrogens with one attached hydrogen (secondary N) is 1. The van der Waals surface area contributed by atoms with E-state index < -0.39 is 0 Å². The summed E-state index contributed by atoms with van der Waals surface area (Å²) in [4.78, 5) is 9.57. The number of guanidine groups is 1. The summed E-state index contributed by atoms with van der Waals surface area (Å²) in [5.41, 5.74) is 3.91. The van der Waals surface area contributed by atoms with Crippen LogP contribution < -0.4 is 5.32 Å². The fourth-order valence-corrected chi connectivity index (χ4v) is 3.47. The molecule has 0 atom stereocenters. The third kappa shape index (κ3) is 7.01. The Morgan fingerprint density at radius 1 is 1.14 bits per heavy atom. The molecule has 160 valence electrons. The van der Waals surface area contributed by atoms with Gasteiger partial charge >= 0.3 is 0 Å². The topological polar surface area (TPSA) is 45.0 Å².